The summed E-state index contributed by atoms with van der Waals surface area (Å²) in [6, 6.07) is 17.9. The zero-order valence-electron chi connectivity index (χ0n) is 9.50. The van der Waals surface area contributed by atoms with Gasteiger partial charge in [-0.15, -0.1) is 0 Å². The van der Waals surface area contributed by atoms with Crippen molar-refractivity contribution in [2.24, 2.45) is 0 Å². The van der Waals surface area contributed by atoms with Crippen molar-refractivity contribution < 1.29 is 0 Å². The predicted octanol–water partition coefficient (Wildman–Crippen LogP) is 3.61. The average molecular weight is 240 g/mol. The van der Waals surface area contributed by atoms with Crippen LogP contribution in [0.4, 0.5) is 0 Å². The molecular weight excluding hydrogens is 228 g/mol. The fourth-order valence-corrected chi connectivity index (χ4v) is 2.50. The van der Waals surface area contributed by atoms with Crippen molar-refractivity contribution >= 4 is 11.8 Å². The van der Waals surface area contributed by atoms with Crippen molar-refractivity contribution in [3.8, 4) is 6.07 Å². The van der Waals surface area contributed by atoms with E-state index in [1.165, 1.54) is 11.8 Å². The summed E-state index contributed by atoms with van der Waals surface area (Å²) in [5.74, 6) is 0. The molecule has 0 fully saturated rings. The Morgan fingerprint density at radius 3 is 2.41 bits per heavy atom. The molecule has 0 bridgehead atoms. The molecule has 0 saturated heterocycles. The number of pyridine rings is 1. The van der Waals surface area contributed by atoms with E-state index in [1.807, 2.05) is 55.5 Å². The van der Waals surface area contributed by atoms with Crippen LogP contribution in [0.2, 0.25) is 0 Å². The summed E-state index contributed by atoms with van der Waals surface area (Å²) in [6.07, 6.45) is 1.74. The Morgan fingerprint density at radius 1 is 1.12 bits per heavy atom. The third-order valence-electron chi connectivity index (χ3n) is 2.48. The second kappa shape index (κ2) is 5.03. The molecule has 1 aromatic heterocycles. The van der Waals surface area contributed by atoms with Gasteiger partial charge in [-0.1, -0.05) is 48.2 Å². The van der Waals surface area contributed by atoms with Crippen molar-refractivity contribution in [2.45, 2.75) is 16.7 Å². The van der Waals surface area contributed by atoms with Gasteiger partial charge in [0.15, 0.2) is 0 Å². The number of hydrogen-bond donors (Lipinski definition) is 0. The first-order valence-corrected chi connectivity index (χ1v) is 6.13. The Balaban J connectivity index is 2.31. The Hall–Kier alpha value is -1.79. The highest BCUT2D eigenvalue weighted by molar-refractivity contribution is 8.00. The Morgan fingerprint density at radius 2 is 1.82 bits per heavy atom. The first-order valence-electron chi connectivity index (χ1n) is 5.31. The van der Waals surface area contributed by atoms with Crippen LogP contribution in [0.25, 0.3) is 0 Å². The van der Waals surface area contributed by atoms with Gasteiger partial charge in [-0.05, 0) is 24.6 Å². The van der Waals surface area contributed by atoms with Gasteiger partial charge in [0.25, 0.3) is 0 Å². The van der Waals surface area contributed by atoms with E-state index in [4.69, 9.17) is 0 Å². The van der Waals surface area contributed by atoms with Crippen molar-refractivity contribution in [1.29, 1.82) is 5.26 Å². The lowest BCUT2D eigenvalue weighted by Crippen LogP contribution is -2.14. The maximum Gasteiger partial charge on any atom is 0.130 e. The number of aromatic nitrogens is 1. The summed E-state index contributed by atoms with van der Waals surface area (Å²) in [4.78, 5) is 4.25. The molecular formula is C14H12N2S. The summed E-state index contributed by atoms with van der Waals surface area (Å²) >= 11 is 1.47. The van der Waals surface area contributed by atoms with Gasteiger partial charge >= 0.3 is 0 Å². The summed E-state index contributed by atoms with van der Waals surface area (Å²) < 4.78 is -0.602. The number of benzene rings is 1. The molecule has 0 spiro atoms. The zero-order chi connectivity index (χ0) is 12.1. The lowest BCUT2D eigenvalue weighted by atomic mass is 10.0. The van der Waals surface area contributed by atoms with Crippen LogP contribution < -0.4 is 0 Å². The highest BCUT2D eigenvalue weighted by atomic mass is 32.2. The molecule has 0 aliphatic rings. The third-order valence-corrected chi connectivity index (χ3v) is 3.67. The fourth-order valence-electron chi connectivity index (χ4n) is 1.52. The Labute approximate surface area is 105 Å². The Bertz CT molecular complexity index is 519. The number of nitrogens with zero attached hydrogens (tertiary/aromatic N) is 2. The molecule has 2 rings (SSSR count). The van der Waals surface area contributed by atoms with E-state index in [-0.39, 0.29) is 0 Å². The minimum Gasteiger partial charge on any atom is -0.250 e. The second-order valence-corrected chi connectivity index (χ2v) is 5.22. The SMILES string of the molecule is CC(C#N)(Sc1ccccn1)c1ccccc1. The molecule has 2 aromatic rings. The monoisotopic (exact) mass is 240 g/mol. The summed E-state index contributed by atoms with van der Waals surface area (Å²) in [5, 5.41) is 10.3. The molecule has 0 N–H and O–H groups in total. The number of rotatable bonds is 3. The van der Waals surface area contributed by atoms with Crippen LogP contribution in [0.5, 0.6) is 0 Å². The van der Waals surface area contributed by atoms with E-state index < -0.39 is 4.75 Å². The van der Waals surface area contributed by atoms with Crippen LogP contribution in [0.1, 0.15) is 12.5 Å². The quantitative estimate of drug-likeness (QED) is 0.769. The largest absolute Gasteiger partial charge is 0.250 e. The minimum absolute atomic E-state index is 0.602. The molecule has 0 aliphatic heterocycles. The van der Waals surface area contributed by atoms with E-state index in [1.54, 1.807) is 6.20 Å². The first-order chi connectivity index (χ1) is 8.24. The van der Waals surface area contributed by atoms with E-state index in [9.17, 15) is 5.26 Å². The summed E-state index contributed by atoms with van der Waals surface area (Å²) in [5.41, 5.74) is 0.998. The third kappa shape index (κ3) is 2.66. The highest BCUT2D eigenvalue weighted by Gasteiger charge is 2.28. The van der Waals surface area contributed by atoms with Crippen LogP contribution in [-0.2, 0) is 4.75 Å². The molecule has 0 amide bonds. The van der Waals surface area contributed by atoms with E-state index in [2.05, 4.69) is 11.1 Å². The maximum absolute atomic E-state index is 9.40. The molecule has 17 heavy (non-hydrogen) atoms. The highest BCUT2D eigenvalue weighted by Crippen LogP contribution is 2.39. The maximum atomic E-state index is 9.40. The van der Waals surface area contributed by atoms with Crippen LogP contribution in [-0.4, -0.2) is 4.98 Å². The van der Waals surface area contributed by atoms with Crippen molar-refractivity contribution in [3.05, 3.63) is 60.3 Å². The standard InChI is InChI=1S/C14H12N2S/c1-14(11-15,12-7-3-2-4-8-12)17-13-9-5-6-10-16-13/h2-10H,1H3. The molecule has 1 aromatic carbocycles. The van der Waals surface area contributed by atoms with Crippen LogP contribution in [0.3, 0.4) is 0 Å². The second-order valence-electron chi connectivity index (χ2n) is 3.78. The van der Waals surface area contributed by atoms with Crippen molar-refractivity contribution in [1.82, 2.24) is 4.98 Å². The number of thioether (sulfide) groups is 1. The van der Waals surface area contributed by atoms with Crippen LogP contribution in [0, 0.1) is 11.3 Å². The molecule has 1 unspecified atom stereocenters. The molecule has 1 heterocycles. The molecule has 3 heteroatoms. The van der Waals surface area contributed by atoms with Gasteiger partial charge in [0, 0.05) is 6.20 Å². The van der Waals surface area contributed by atoms with Crippen molar-refractivity contribution in [2.75, 3.05) is 0 Å². The number of nitriles is 1. The molecule has 0 saturated carbocycles. The molecule has 1 atom stereocenters. The lowest BCUT2D eigenvalue weighted by Gasteiger charge is -2.20. The Kier molecular flexibility index (Phi) is 3.46. The van der Waals surface area contributed by atoms with Gasteiger partial charge in [-0.3, -0.25) is 0 Å². The topological polar surface area (TPSA) is 36.7 Å². The van der Waals surface area contributed by atoms with E-state index in [0.717, 1.165) is 10.6 Å². The average Bonchev–Trinajstić information content (AvgIpc) is 2.41. The fraction of sp³-hybridized carbons (Fsp3) is 0.143. The van der Waals surface area contributed by atoms with Gasteiger partial charge < -0.3 is 0 Å². The smallest absolute Gasteiger partial charge is 0.130 e. The van der Waals surface area contributed by atoms with E-state index >= 15 is 0 Å². The van der Waals surface area contributed by atoms with Gasteiger partial charge in [-0.2, -0.15) is 5.26 Å². The van der Waals surface area contributed by atoms with E-state index in [0.29, 0.717) is 0 Å². The molecule has 84 valence electrons. The van der Waals surface area contributed by atoms with Crippen LogP contribution in [0.15, 0.2) is 59.8 Å². The van der Waals surface area contributed by atoms with Gasteiger partial charge in [0.05, 0.1) is 11.1 Å². The normalized spacial score (nSPS) is 13.6. The minimum atomic E-state index is -0.602. The molecule has 0 radical (unpaired) electrons. The van der Waals surface area contributed by atoms with Gasteiger partial charge in [0.2, 0.25) is 0 Å². The molecule has 0 aliphatic carbocycles. The van der Waals surface area contributed by atoms with Crippen molar-refractivity contribution in [3.63, 3.8) is 0 Å². The summed E-state index contributed by atoms with van der Waals surface area (Å²) in [7, 11) is 0. The molecule has 2 nitrogen and oxygen atoms in total. The lowest BCUT2D eigenvalue weighted by molar-refractivity contribution is 0.888. The number of hydrogen-bond acceptors (Lipinski definition) is 3. The van der Waals surface area contributed by atoms with Crippen LogP contribution >= 0.6 is 11.8 Å². The predicted molar refractivity (Wildman–Crippen MR) is 69.5 cm³/mol. The van der Waals surface area contributed by atoms with Gasteiger partial charge in [-0.25, -0.2) is 4.98 Å². The first kappa shape index (κ1) is 11.7. The zero-order valence-corrected chi connectivity index (χ0v) is 10.3. The van der Waals surface area contributed by atoms with Gasteiger partial charge in [0.1, 0.15) is 4.75 Å². The summed E-state index contributed by atoms with van der Waals surface area (Å²) in [6.45, 7) is 1.92.